The third kappa shape index (κ3) is 3.19. The second kappa shape index (κ2) is 8.42. The Bertz CT molecular complexity index is 1280. The van der Waals surface area contributed by atoms with Crippen LogP contribution in [0.1, 0.15) is 80.1 Å². The van der Waals surface area contributed by atoms with E-state index in [-0.39, 0.29) is 35.7 Å². The summed E-state index contributed by atoms with van der Waals surface area (Å²) in [6.45, 7) is 11.2. The molecule has 6 rings (SSSR count). The Hall–Kier alpha value is -2.29. The first-order valence-electron chi connectivity index (χ1n) is 15.0. The molecule has 0 unspecified atom stereocenters. The van der Waals surface area contributed by atoms with Crippen molar-refractivity contribution in [2.24, 2.45) is 45.3 Å². The number of rotatable bonds is 3. The lowest BCUT2D eigenvalue weighted by atomic mass is 9.44. The zero-order valence-electron chi connectivity index (χ0n) is 24.7. The number of aliphatic hydroxyl groups excluding tert-OH is 1. The molecule has 0 saturated heterocycles. The van der Waals surface area contributed by atoms with Crippen LogP contribution in [-0.2, 0) is 19.1 Å². The van der Waals surface area contributed by atoms with Crippen molar-refractivity contribution in [1.29, 1.82) is 0 Å². The van der Waals surface area contributed by atoms with Crippen molar-refractivity contribution in [3.05, 3.63) is 23.8 Å². The van der Waals surface area contributed by atoms with Gasteiger partial charge in [0.05, 0.1) is 6.10 Å². The molecular weight excluding hydrogens is 534 g/mol. The molecule has 0 amide bonds. The monoisotopic (exact) mass is 576 g/mol. The van der Waals surface area contributed by atoms with Gasteiger partial charge in [-0.05, 0) is 80.4 Å². The molecule has 0 aromatic heterocycles. The van der Waals surface area contributed by atoms with Crippen molar-refractivity contribution in [1.82, 2.24) is 0 Å². The van der Waals surface area contributed by atoms with Crippen LogP contribution in [0.3, 0.4) is 0 Å². The molecule has 2 N–H and O–H groups in total. The summed E-state index contributed by atoms with van der Waals surface area (Å²) in [5, 5.41) is 22.3. The zero-order valence-corrected chi connectivity index (χ0v) is 24.7. The Labute approximate surface area is 239 Å². The fraction of sp³-hybridized carbons (Fsp3) is 0.781. The highest BCUT2D eigenvalue weighted by molar-refractivity contribution is 6.01. The maximum atomic E-state index is 17.5. The van der Waals surface area contributed by atoms with E-state index >= 15 is 8.78 Å². The van der Waals surface area contributed by atoms with Crippen LogP contribution >= 0.6 is 0 Å². The van der Waals surface area contributed by atoms with Crippen LogP contribution in [0.25, 0.3) is 0 Å². The van der Waals surface area contributed by atoms with Gasteiger partial charge >= 0.3 is 12.1 Å². The lowest BCUT2D eigenvalue weighted by Crippen LogP contribution is -2.71. The van der Waals surface area contributed by atoms with Gasteiger partial charge < -0.3 is 19.7 Å². The lowest BCUT2D eigenvalue weighted by molar-refractivity contribution is -0.232. The summed E-state index contributed by atoms with van der Waals surface area (Å²) in [4.78, 5) is 38.7. The minimum absolute atomic E-state index is 0.00375. The van der Waals surface area contributed by atoms with E-state index in [1.54, 1.807) is 13.8 Å². The Morgan fingerprint density at radius 2 is 1.73 bits per heavy atom. The molecule has 5 fully saturated rings. The Morgan fingerprint density at radius 3 is 2.32 bits per heavy atom. The van der Waals surface area contributed by atoms with Crippen LogP contribution in [0.5, 0.6) is 0 Å². The van der Waals surface area contributed by atoms with Gasteiger partial charge in [0.25, 0.3) is 0 Å². The number of carbonyl (C=O) groups excluding carboxylic acids is 2. The number of aliphatic carboxylic acids is 1. The summed E-state index contributed by atoms with van der Waals surface area (Å²) in [5.74, 6) is -3.96. The number of aliphatic hydroxyl groups is 1. The smallest absolute Gasteiger partial charge is 0.478 e. The maximum absolute atomic E-state index is 17.5. The van der Waals surface area contributed by atoms with Gasteiger partial charge in [0, 0.05) is 28.1 Å². The number of hydrogen-bond donors (Lipinski definition) is 2. The van der Waals surface area contributed by atoms with Crippen LogP contribution < -0.4 is 0 Å². The van der Waals surface area contributed by atoms with Gasteiger partial charge in [0.15, 0.2) is 11.5 Å². The highest BCUT2D eigenvalue weighted by Crippen LogP contribution is 2.72. The summed E-state index contributed by atoms with van der Waals surface area (Å²) in [6, 6.07) is 0. The van der Waals surface area contributed by atoms with Gasteiger partial charge in [-0.25, -0.2) is 18.4 Å². The van der Waals surface area contributed by atoms with E-state index in [4.69, 9.17) is 9.47 Å². The predicted octanol–water partition coefficient (Wildman–Crippen LogP) is 5.74. The molecule has 226 valence electrons. The molecule has 0 radical (unpaired) electrons. The first-order valence-corrected chi connectivity index (χ1v) is 15.0. The average Bonchev–Trinajstić information content (AvgIpc) is 3.32. The van der Waals surface area contributed by atoms with Gasteiger partial charge in [0.2, 0.25) is 5.60 Å². The van der Waals surface area contributed by atoms with Gasteiger partial charge in [0.1, 0.15) is 12.3 Å². The van der Waals surface area contributed by atoms with Crippen molar-refractivity contribution in [3.8, 4) is 0 Å². The maximum Gasteiger partial charge on any atom is 0.509 e. The molecule has 0 aromatic carbocycles. The summed E-state index contributed by atoms with van der Waals surface area (Å²) in [6.07, 6.45) is 1.04. The van der Waals surface area contributed by atoms with Crippen molar-refractivity contribution in [3.63, 3.8) is 0 Å². The van der Waals surface area contributed by atoms with Crippen molar-refractivity contribution in [2.75, 3.05) is 0 Å². The van der Waals surface area contributed by atoms with Crippen LogP contribution in [-0.4, -0.2) is 57.8 Å². The quantitative estimate of drug-likeness (QED) is 0.412. The molecule has 12 atom stereocenters. The average molecular weight is 577 g/mol. The number of fused-ring (bicyclic) bond motifs is 7. The van der Waals surface area contributed by atoms with Crippen LogP contribution in [0.4, 0.5) is 13.6 Å². The van der Waals surface area contributed by atoms with Crippen LogP contribution in [0.2, 0.25) is 0 Å². The molecule has 0 aromatic rings. The number of ketones is 1. The van der Waals surface area contributed by atoms with E-state index in [2.05, 4.69) is 20.8 Å². The molecule has 9 heteroatoms. The number of halogens is 2. The number of carboxylic acid groups (broad SMARTS) is 1. The third-order valence-corrected chi connectivity index (χ3v) is 13.7. The second-order valence-electron chi connectivity index (χ2n) is 15.1. The normalized spacial score (nSPS) is 52.8. The molecular formula is C32H42F2O7. The molecule has 0 heterocycles. The molecule has 2 bridgehead atoms. The molecule has 6 aliphatic rings. The van der Waals surface area contributed by atoms with E-state index in [1.807, 2.05) is 0 Å². The van der Waals surface area contributed by atoms with E-state index in [0.717, 1.165) is 18.9 Å². The topological polar surface area (TPSA) is 110 Å². The number of hydrogen-bond acceptors (Lipinski definition) is 6. The Kier molecular flexibility index (Phi) is 5.91. The summed E-state index contributed by atoms with van der Waals surface area (Å²) in [5.41, 5.74) is -7.73. The largest absolute Gasteiger partial charge is 0.509 e. The first-order chi connectivity index (χ1) is 18.9. The third-order valence-electron chi connectivity index (χ3n) is 13.7. The van der Waals surface area contributed by atoms with E-state index < -0.39 is 76.1 Å². The summed E-state index contributed by atoms with van der Waals surface area (Å²) < 4.78 is 45.0. The number of carbonyl (C=O) groups is 3. The number of allylic oxidation sites excluding steroid dienone is 4. The summed E-state index contributed by atoms with van der Waals surface area (Å²) in [7, 11) is 0. The standard InChI is InChI=1S/C32H42F2O7/c1-16-11-19-20-14-22(33)21-13-18(35)8-10-28(21,4)31(20,34)23(36)15-30(19,6)32(16,25(37)38)41-26(39)40-24-12-17-7-9-29(24,5)27(17,2)3/h8,10,13,16-17,19-20,22-24,36H,7,9,11-12,14-15H2,1-6H3,(H,37,38)/t16-,17+,19+,20+,22+,23+,24-,28+,29-,30+,31+,32+/m1/s1. The SMILES string of the molecule is C[C@@H]1C[C@H]2[C@@H]3C[C@H](F)C4=CC(=O)C=C[C@]4(C)[C@@]3(F)[C@@H](O)C[C@]2(C)[C@@]1(OC(=O)O[C@@H]1C[C@@H]2CC[C@@]1(C)C2(C)C)C(=O)O. The second-order valence-corrected chi connectivity index (χ2v) is 15.1. The van der Waals surface area contributed by atoms with Crippen LogP contribution in [0.15, 0.2) is 23.8 Å². The van der Waals surface area contributed by atoms with Crippen molar-refractivity contribution in [2.45, 2.75) is 110 Å². The van der Waals surface area contributed by atoms with E-state index in [1.165, 1.54) is 19.1 Å². The highest BCUT2D eigenvalue weighted by Gasteiger charge is 2.79. The molecule has 7 nitrogen and oxygen atoms in total. The molecule has 6 aliphatic carbocycles. The van der Waals surface area contributed by atoms with E-state index in [0.29, 0.717) is 12.3 Å². The Balaban J connectivity index is 1.35. The number of carboxylic acids is 1. The van der Waals surface area contributed by atoms with Gasteiger partial charge in [-0.2, -0.15) is 0 Å². The lowest BCUT2D eigenvalue weighted by Gasteiger charge is -2.62. The van der Waals surface area contributed by atoms with Crippen molar-refractivity contribution < 1.29 is 42.9 Å². The Morgan fingerprint density at radius 1 is 1.05 bits per heavy atom. The minimum atomic E-state index is -2.35. The van der Waals surface area contributed by atoms with Crippen molar-refractivity contribution >= 4 is 17.9 Å². The van der Waals surface area contributed by atoms with Crippen LogP contribution in [0, 0.1) is 45.3 Å². The van der Waals surface area contributed by atoms with Gasteiger partial charge in [-0.15, -0.1) is 0 Å². The fourth-order valence-electron chi connectivity index (χ4n) is 10.8. The summed E-state index contributed by atoms with van der Waals surface area (Å²) >= 11 is 0. The minimum Gasteiger partial charge on any atom is -0.478 e. The highest BCUT2D eigenvalue weighted by atomic mass is 19.1. The number of ether oxygens (including phenoxy) is 2. The first kappa shape index (κ1) is 28.8. The molecule has 0 spiro atoms. The zero-order chi connectivity index (χ0) is 30.1. The van der Waals surface area contributed by atoms with Gasteiger partial charge in [-0.3, -0.25) is 4.79 Å². The van der Waals surface area contributed by atoms with E-state index in [9.17, 15) is 24.6 Å². The predicted molar refractivity (Wildman–Crippen MR) is 144 cm³/mol. The molecule has 5 saturated carbocycles. The fourth-order valence-corrected chi connectivity index (χ4v) is 10.8. The molecule has 0 aliphatic heterocycles. The number of alkyl halides is 2. The van der Waals surface area contributed by atoms with Gasteiger partial charge in [-0.1, -0.05) is 40.7 Å². The molecule has 41 heavy (non-hydrogen) atoms.